The second-order valence-corrected chi connectivity index (χ2v) is 6.72. The molecule has 66 valence electrons. The molecule has 0 spiro atoms. The van der Waals surface area contributed by atoms with Crippen LogP contribution in [0.3, 0.4) is 0 Å². The van der Waals surface area contributed by atoms with Crippen molar-refractivity contribution in [2.24, 2.45) is 11.3 Å². The molecule has 0 radical (unpaired) electrons. The summed E-state index contributed by atoms with van der Waals surface area (Å²) in [6.45, 7) is 7.20. The maximum atomic E-state index is 2.40. The van der Waals surface area contributed by atoms with Crippen molar-refractivity contribution >= 4 is 16.9 Å². The standard InChI is InChI=1S/C10H21As/c1-10(2,3)8-6-4-5-7-9(8)11/h8-9H,4-7,11H2,1-3H3. The summed E-state index contributed by atoms with van der Waals surface area (Å²) < 4.78 is 1.02. The van der Waals surface area contributed by atoms with E-state index in [2.05, 4.69) is 20.8 Å². The number of rotatable bonds is 0. The first-order valence-corrected chi connectivity index (χ1v) is 6.17. The fourth-order valence-corrected chi connectivity index (χ4v) is 4.34. The van der Waals surface area contributed by atoms with E-state index < -0.39 is 0 Å². The Hall–Kier alpha value is 0.558. The quantitative estimate of drug-likeness (QED) is 0.546. The van der Waals surface area contributed by atoms with Gasteiger partial charge in [0.1, 0.15) is 0 Å². The fourth-order valence-electron chi connectivity index (χ4n) is 2.23. The first kappa shape index (κ1) is 9.64. The summed E-state index contributed by atoms with van der Waals surface area (Å²) in [4.78, 5) is 0. The van der Waals surface area contributed by atoms with Crippen LogP contribution in [0, 0.1) is 11.3 Å². The van der Waals surface area contributed by atoms with Crippen molar-refractivity contribution in [2.75, 3.05) is 0 Å². The van der Waals surface area contributed by atoms with Crippen LogP contribution in [-0.2, 0) is 0 Å². The van der Waals surface area contributed by atoms with Gasteiger partial charge >= 0.3 is 79.3 Å². The van der Waals surface area contributed by atoms with Crippen LogP contribution in [-0.4, -0.2) is 16.9 Å². The molecule has 0 bridgehead atoms. The molecule has 1 aliphatic carbocycles. The van der Waals surface area contributed by atoms with Gasteiger partial charge < -0.3 is 0 Å². The predicted molar refractivity (Wildman–Crippen MR) is 53.7 cm³/mol. The molecule has 0 amide bonds. The monoisotopic (exact) mass is 216 g/mol. The van der Waals surface area contributed by atoms with Gasteiger partial charge in [-0.1, -0.05) is 0 Å². The van der Waals surface area contributed by atoms with E-state index in [0.29, 0.717) is 5.41 Å². The van der Waals surface area contributed by atoms with Crippen LogP contribution >= 0.6 is 0 Å². The molecule has 3 unspecified atom stereocenters. The Morgan fingerprint density at radius 3 is 2.00 bits per heavy atom. The molecule has 1 saturated carbocycles. The molecule has 11 heavy (non-hydrogen) atoms. The molecule has 1 heteroatoms. The van der Waals surface area contributed by atoms with Crippen LogP contribution in [0.25, 0.3) is 0 Å². The fraction of sp³-hybridized carbons (Fsp3) is 1.00. The zero-order valence-electron chi connectivity index (χ0n) is 8.06. The topological polar surface area (TPSA) is 0 Å². The minimum absolute atomic E-state index is 0.557. The molecular weight excluding hydrogens is 195 g/mol. The SMILES string of the molecule is CC(C)(C)C1CCCCC1[AsH2]. The van der Waals surface area contributed by atoms with E-state index in [4.69, 9.17) is 0 Å². The van der Waals surface area contributed by atoms with Crippen LogP contribution < -0.4 is 0 Å². The molecule has 0 aromatic rings. The van der Waals surface area contributed by atoms with Crippen molar-refractivity contribution in [3.8, 4) is 0 Å². The summed E-state index contributed by atoms with van der Waals surface area (Å²) in [6.07, 6.45) is 5.92. The molecule has 3 atom stereocenters. The average molecular weight is 216 g/mol. The summed E-state index contributed by atoms with van der Waals surface area (Å²) in [7, 11) is 0. The second-order valence-electron chi connectivity index (χ2n) is 4.92. The first-order chi connectivity index (χ1) is 5.02. The zero-order chi connectivity index (χ0) is 8.48. The Morgan fingerprint density at radius 2 is 1.64 bits per heavy atom. The molecule has 0 aromatic heterocycles. The van der Waals surface area contributed by atoms with E-state index in [9.17, 15) is 0 Å². The third-order valence-electron chi connectivity index (χ3n) is 2.93. The Labute approximate surface area is 79.6 Å². The Kier molecular flexibility index (Phi) is 3.08. The van der Waals surface area contributed by atoms with E-state index in [-0.39, 0.29) is 0 Å². The molecule has 0 heterocycles. The van der Waals surface area contributed by atoms with Crippen LogP contribution in [0.1, 0.15) is 46.5 Å². The summed E-state index contributed by atoms with van der Waals surface area (Å²) >= 11 is 1.97. The van der Waals surface area contributed by atoms with E-state index in [1.807, 2.05) is 16.9 Å². The van der Waals surface area contributed by atoms with Crippen LogP contribution in [0.15, 0.2) is 0 Å². The van der Waals surface area contributed by atoms with Crippen molar-refractivity contribution in [3.63, 3.8) is 0 Å². The molecule has 0 saturated heterocycles. The van der Waals surface area contributed by atoms with Crippen LogP contribution in [0.2, 0.25) is 4.71 Å². The van der Waals surface area contributed by atoms with Crippen molar-refractivity contribution in [2.45, 2.75) is 51.2 Å². The molecule has 0 aliphatic heterocycles. The third-order valence-corrected chi connectivity index (χ3v) is 4.61. The average Bonchev–Trinajstić information content (AvgIpc) is 1.86. The number of hydrogen-bond acceptors (Lipinski definition) is 0. The predicted octanol–water partition coefficient (Wildman–Crippen LogP) is 2.64. The van der Waals surface area contributed by atoms with Crippen molar-refractivity contribution in [1.29, 1.82) is 0 Å². The van der Waals surface area contributed by atoms with Crippen LogP contribution in [0.4, 0.5) is 0 Å². The molecule has 1 aliphatic rings. The molecule has 0 nitrogen and oxygen atoms in total. The van der Waals surface area contributed by atoms with Gasteiger partial charge in [-0.15, -0.1) is 0 Å². The summed E-state index contributed by atoms with van der Waals surface area (Å²) in [6, 6.07) is 0. The Morgan fingerprint density at radius 1 is 1.09 bits per heavy atom. The minimum atomic E-state index is 0.557. The molecular formula is C10H21As. The summed E-state index contributed by atoms with van der Waals surface area (Å²) in [5.74, 6) is 0.997. The second kappa shape index (κ2) is 3.52. The van der Waals surface area contributed by atoms with E-state index in [1.165, 1.54) is 25.7 Å². The molecule has 0 N–H and O–H groups in total. The van der Waals surface area contributed by atoms with Gasteiger partial charge in [0.15, 0.2) is 0 Å². The normalized spacial score (nSPS) is 33.8. The van der Waals surface area contributed by atoms with Gasteiger partial charge in [0, 0.05) is 0 Å². The van der Waals surface area contributed by atoms with Gasteiger partial charge in [0.25, 0.3) is 0 Å². The van der Waals surface area contributed by atoms with Gasteiger partial charge in [-0.25, -0.2) is 0 Å². The third kappa shape index (κ3) is 2.51. The molecule has 1 rings (SSSR count). The van der Waals surface area contributed by atoms with Gasteiger partial charge in [-0.2, -0.15) is 0 Å². The van der Waals surface area contributed by atoms with E-state index >= 15 is 0 Å². The molecule has 0 aromatic carbocycles. The van der Waals surface area contributed by atoms with E-state index in [0.717, 1.165) is 10.6 Å². The molecule has 1 fully saturated rings. The first-order valence-electron chi connectivity index (χ1n) is 4.77. The van der Waals surface area contributed by atoms with Gasteiger partial charge in [0.05, 0.1) is 0 Å². The van der Waals surface area contributed by atoms with Gasteiger partial charge in [-0.3, -0.25) is 0 Å². The van der Waals surface area contributed by atoms with Gasteiger partial charge in [0.2, 0.25) is 0 Å². The maximum absolute atomic E-state index is 2.40. The zero-order valence-corrected chi connectivity index (χ0v) is 10.5. The Bertz CT molecular complexity index is 123. The van der Waals surface area contributed by atoms with Crippen molar-refractivity contribution < 1.29 is 0 Å². The summed E-state index contributed by atoms with van der Waals surface area (Å²) in [5, 5.41) is 0. The Balaban J connectivity index is 2.55. The van der Waals surface area contributed by atoms with Crippen LogP contribution in [0.5, 0.6) is 0 Å². The summed E-state index contributed by atoms with van der Waals surface area (Å²) in [5.41, 5.74) is 0.557. The van der Waals surface area contributed by atoms with Crippen molar-refractivity contribution in [1.82, 2.24) is 0 Å². The van der Waals surface area contributed by atoms with Crippen molar-refractivity contribution in [3.05, 3.63) is 0 Å². The number of hydrogen-bond donors (Lipinski definition) is 0. The van der Waals surface area contributed by atoms with E-state index in [1.54, 1.807) is 0 Å². The van der Waals surface area contributed by atoms with Gasteiger partial charge in [-0.05, 0) is 0 Å².